The van der Waals surface area contributed by atoms with E-state index in [0.717, 1.165) is 13.8 Å². The molecule has 1 aromatic rings. The zero-order valence-corrected chi connectivity index (χ0v) is 13.0. The Morgan fingerprint density at radius 2 is 1.48 bits per heavy atom. The molecule has 0 atom stereocenters. The number of sulfonamides is 1. The molecule has 0 saturated carbocycles. The van der Waals surface area contributed by atoms with Crippen molar-refractivity contribution in [2.75, 3.05) is 14.1 Å². The van der Waals surface area contributed by atoms with Gasteiger partial charge in [-0.2, -0.15) is 4.31 Å². The molecular formula is C12H16N4O4S. The van der Waals surface area contributed by atoms with Gasteiger partial charge >= 0.3 is 0 Å². The fourth-order valence-electron chi connectivity index (χ4n) is 1.49. The monoisotopic (exact) mass is 312 g/mol. The second kappa shape index (κ2) is 6.44. The van der Waals surface area contributed by atoms with Crippen LogP contribution in [-0.4, -0.2) is 43.6 Å². The van der Waals surface area contributed by atoms with Gasteiger partial charge in [-0.15, -0.1) is 5.11 Å². The first-order valence-electron chi connectivity index (χ1n) is 5.91. The zero-order valence-electron chi connectivity index (χ0n) is 12.1. The number of carbonyl (C=O) groups excluding carboxylic acids is 2. The van der Waals surface area contributed by atoms with Gasteiger partial charge in [-0.3, -0.25) is 14.6 Å². The summed E-state index contributed by atoms with van der Waals surface area (Å²) in [6, 6.07) is 5.38. The van der Waals surface area contributed by atoms with Crippen LogP contribution >= 0.6 is 0 Å². The van der Waals surface area contributed by atoms with Crippen LogP contribution in [0, 0.1) is 0 Å². The molecule has 0 saturated heterocycles. The number of hydrogen-bond acceptors (Lipinski definition) is 6. The van der Waals surface area contributed by atoms with Crippen LogP contribution in [0.15, 0.2) is 39.5 Å². The van der Waals surface area contributed by atoms with Crippen LogP contribution in [0.4, 0.5) is 5.69 Å². The van der Waals surface area contributed by atoms with Crippen LogP contribution < -0.4 is 0 Å². The summed E-state index contributed by atoms with van der Waals surface area (Å²) in [5.41, 5.74) is 0.444. The molecule has 1 rings (SSSR count). The maximum atomic E-state index is 12.2. The highest BCUT2D eigenvalue weighted by Crippen LogP contribution is 2.20. The minimum absolute atomic E-state index is 0.170. The summed E-state index contributed by atoms with van der Waals surface area (Å²) < 4.78 is 24.7. The number of amides is 2. The average molecular weight is 312 g/mol. The van der Waals surface area contributed by atoms with Crippen molar-refractivity contribution in [3.8, 4) is 0 Å². The number of benzene rings is 1. The van der Waals surface area contributed by atoms with Crippen LogP contribution in [0.3, 0.4) is 0 Å². The van der Waals surface area contributed by atoms with Crippen molar-refractivity contribution in [1.82, 2.24) is 9.31 Å². The summed E-state index contributed by atoms with van der Waals surface area (Å²) in [6.07, 6.45) is 0. The average Bonchev–Trinajstić information content (AvgIpc) is 2.35. The summed E-state index contributed by atoms with van der Waals surface area (Å²) >= 11 is 0. The van der Waals surface area contributed by atoms with Crippen LogP contribution in [0.2, 0.25) is 0 Å². The fraction of sp³-hybridized carbons (Fsp3) is 0.333. The minimum atomic E-state index is -4.20. The Morgan fingerprint density at radius 1 is 1.00 bits per heavy atom. The lowest BCUT2D eigenvalue weighted by atomic mass is 10.3. The number of rotatable bonds is 4. The third kappa shape index (κ3) is 4.09. The van der Waals surface area contributed by atoms with E-state index in [9.17, 15) is 18.0 Å². The Labute approximate surface area is 123 Å². The summed E-state index contributed by atoms with van der Waals surface area (Å²) in [7, 11) is -0.807. The smallest absolute Gasteiger partial charge is 0.273 e. The molecule has 0 radical (unpaired) electrons. The van der Waals surface area contributed by atoms with Crippen LogP contribution in [0.1, 0.15) is 13.8 Å². The fourth-order valence-corrected chi connectivity index (χ4v) is 2.86. The number of nitrogens with zero attached hydrogens (tertiary/aromatic N) is 4. The molecule has 0 fully saturated rings. The number of imide groups is 1. The normalized spacial score (nSPS) is 11.4. The highest BCUT2D eigenvalue weighted by Gasteiger charge is 2.30. The molecule has 0 aromatic heterocycles. The second-order valence-corrected chi connectivity index (χ2v) is 6.12. The van der Waals surface area contributed by atoms with Gasteiger partial charge in [0.25, 0.3) is 10.0 Å². The summed E-state index contributed by atoms with van der Waals surface area (Å²) in [4.78, 5) is 22.5. The summed E-state index contributed by atoms with van der Waals surface area (Å²) in [6.45, 7) is 2.03. The lowest BCUT2D eigenvalue weighted by Gasteiger charge is -2.17. The summed E-state index contributed by atoms with van der Waals surface area (Å²) in [5.74, 6) is -1.72. The lowest BCUT2D eigenvalue weighted by molar-refractivity contribution is -0.135. The molecule has 0 heterocycles. The van der Waals surface area contributed by atoms with E-state index in [4.69, 9.17) is 0 Å². The first-order valence-corrected chi connectivity index (χ1v) is 7.35. The van der Waals surface area contributed by atoms with Gasteiger partial charge in [0.15, 0.2) is 0 Å². The standard InChI is InChI=1S/C12H16N4O4S/c1-9(17)16(10(2)18)21(19,20)12-7-5-11(6-8-12)13-14-15(3)4/h5-8H,1-4H3. The molecule has 0 spiro atoms. The zero-order chi connectivity index (χ0) is 16.2. The van der Waals surface area contributed by atoms with Gasteiger partial charge in [0.2, 0.25) is 11.8 Å². The predicted octanol–water partition coefficient (Wildman–Crippen LogP) is 1.33. The second-order valence-electron chi connectivity index (χ2n) is 4.34. The van der Waals surface area contributed by atoms with Gasteiger partial charge < -0.3 is 0 Å². The van der Waals surface area contributed by atoms with Crippen molar-refractivity contribution in [3.05, 3.63) is 24.3 Å². The molecule has 0 aliphatic heterocycles. The molecule has 21 heavy (non-hydrogen) atoms. The van der Waals surface area contributed by atoms with Crippen LogP contribution in [-0.2, 0) is 19.6 Å². The van der Waals surface area contributed by atoms with E-state index in [-0.39, 0.29) is 9.20 Å². The van der Waals surface area contributed by atoms with Gasteiger partial charge in [-0.1, -0.05) is 5.22 Å². The van der Waals surface area contributed by atoms with Crippen LogP contribution in [0.25, 0.3) is 0 Å². The molecule has 8 nitrogen and oxygen atoms in total. The van der Waals surface area contributed by atoms with Gasteiger partial charge in [-0.25, -0.2) is 8.42 Å². The van der Waals surface area contributed by atoms with E-state index < -0.39 is 21.8 Å². The number of carbonyl (C=O) groups is 2. The molecule has 0 bridgehead atoms. The summed E-state index contributed by atoms with van der Waals surface area (Å²) in [5, 5.41) is 9.11. The molecule has 2 amide bonds. The van der Waals surface area contributed by atoms with Gasteiger partial charge in [0, 0.05) is 27.9 Å². The van der Waals surface area contributed by atoms with Gasteiger partial charge in [0.1, 0.15) is 0 Å². The number of hydrogen-bond donors (Lipinski definition) is 0. The SMILES string of the molecule is CC(=O)N(C(C)=O)S(=O)(=O)c1ccc(N=NN(C)C)cc1. The quantitative estimate of drug-likeness (QED) is 0.617. The van der Waals surface area contributed by atoms with E-state index in [1.54, 1.807) is 14.1 Å². The Balaban J connectivity index is 3.16. The van der Waals surface area contributed by atoms with E-state index in [1.165, 1.54) is 29.3 Å². The third-order valence-electron chi connectivity index (χ3n) is 2.29. The Kier molecular flexibility index (Phi) is 5.14. The van der Waals surface area contributed by atoms with Gasteiger partial charge in [0.05, 0.1) is 10.6 Å². The highest BCUT2D eigenvalue weighted by molar-refractivity contribution is 7.90. The van der Waals surface area contributed by atoms with Gasteiger partial charge in [-0.05, 0) is 24.3 Å². The maximum Gasteiger partial charge on any atom is 0.273 e. The topological polar surface area (TPSA) is 99.5 Å². The molecule has 0 N–H and O–H groups in total. The van der Waals surface area contributed by atoms with Crippen molar-refractivity contribution in [2.24, 2.45) is 10.3 Å². The van der Waals surface area contributed by atoms with E-state index in [0.29, 0.717) is 5.69 Å². The molecule has 9 heteroatoms. The van der Waals surface area contributed by atoms with Crippen LogP contribution in [0.5, 0.6) is 0 Å². The first kappa shape index (κ1) is 16.8. The van der Waals surface area contributed by atoms with Crippen molar-refractivity contribution < 1.29 is 18.0 Å². The molecule has 114 valence electrons. The van der Waals surface area contributed by atoms with Crippen molar-refractivity contribution in [2.45, 2.75) is 18.7 Å². The minimum Gasteiger partial charge on any atom is -0.285 e. The maximum absolute atomic E-state index is 12.2. The predicted molar refractivity (Wildman–Crippen MR) is 75.0 cm³/mol. The molecule has 0 unspecified atom stereocenters. The Morgan fingerprint density at radius 3 is 1.86 bits per heavy atom. The Hall–Kier alpha value is -2.29. The van der Waals surface area contributed by atoms with Crippen molar-refractivity contribution in [3.63, 3.8) is 0 Å². The molecule has 0 aliphatic rings. The largest absolute Gasteiger partial charge is 0.285 e. The van der Waals surface area contributed by atoms with Crippen molar-refractivity contribution >= 4 is 27.5 Å². The highest BCUT2D eigenvalue weighted by atomic mass is 32.2. The van der Waals surface area contributed by atoms with E-state index in [1.807, 2.05) is 0 Å². The Bertz CT molecular complexity index is 651. The molecule has 0 aliphatic carbocycles. The molecular weight excluding hydrogens is 296 g/mol. The lowest BCUT2D eigenvalue weighted by Crippen LogP contribution is -2.38. The van der Waals surface area contributed by atoms with E-state index in [2.05, 4.69) is 10.3 Å². The molecule has 1 aromatic carbocycles. The third-order valence-corrected chi connectivity index (χ3v) is 4.15. The first-order chi connectivity index (χ1) is 9.66. The van der Waals surface area contributed by atoms with E-state index >= 15 is 0 Å². The van der Waals surface area contributed by atoms with Crippen molar-refractivity contribution in [1.29, 1.82) is 0 Å².